The van der Waals surface area contributed by atoms with Gasteiger partial charge in [0.2, 0.25) is 0 Å². The maximum atomic E-state index is 11.4. The maximum absolute atomic E-state index is 11.4. The molecule has 0 bridgehead atoms. The second-order valence-corrected chi connectivity index (χ2v) is 15.2. The second kappa shape index (κ2) is 12.0. The summed E-state index contributed by atoms with van der Waals surface area (Å²) in [6.07, 6.45) is 0. The molecule has 0 amide bonds. The van der Waals surface area contributed by atoms with Gasteiger partial charge in [-0.3, -0.25) is 4.89 Å². The number of rotatable bonds is 7. The first-order valence-electron chi connectivity index (χ1n) is 9.01. The molecule has 1 aromatic carbocycles. The summed E-state index contributed by atoms with van der Waals surface area (Å²) in [4.78, 5) is 14.2. The lowest BCUT2D eigenvalue weighted by Crippen LogP contribution is -2.53. The van der Waals surface area contributed by atoms with Crippen LogP contribution in [0.25, 0.3) is 0 Å². The highest BCUT2D eigenvalue weighted by atomic mass is 35.5. The monoisotopic (exact) mass is 468 g/mol. The van der Waals surface area contributed by atoms with Crippen molar-refractivity contribution in [3.8, 4) is 0 Å². The molecule has 1 saturated heterocycles. The molecule has 1 unspecified atom stereocenters. The second-order valence-electron chi connectivity index (χ2n) is 7.63. The van der Waals surface area contributed by atoms with Gasteiger partial charge in [0.15, 0.2) is 0 Å². The molecule has 0 aromatic heterocycles. The van der Waals surface area contributed by atoms with Crippen LogP contribution in [0.5, 0.6) is 0 Å². The highest BCUT2D eigenvalue weighted by Gasteiger charge is 2.30. The van der Waals surface area contributed by atoms with Crippen molar-refractivity contribution in [2.75, 3.05) is 33.0 Å². The van der Waals surface area contributed by atoms with E-state index in [1.165, 1.54) is 16.4 Å². The summed E-state index contributed by atoms with van der Waals surface area (Å²) in [6, 6.07) is 7.06. The Labute approximate surface area is 177 Å². The van der Waals surface area contributed by atoms with Gasteiger partial charge in [0.1, 0.15) is 0 Å². The third-order valence-electron chi connectivity index (χ3n) is 3.98. The molecule has 1 atom stereocenters. The van der Waals surface area contributed by atoms with Crippen molar-refractivity contribution in [2.24, 2.45) is 5.14 Å². The molecule has 2 rings (SSSR count). The van der Waals surface area contributed by atoms with Crippen LogP contribution in [0.3, 0.4) is 0 Å². The van der Waals surface area contributed by atoms with Crippen LogP contribution in [-0.2, 0) is 24.6 Å². The van der Waals surface area contributed by atoms with E-state index >= 15 is 0 Å². The summed E-state index contributed by atoms with van der Waals surface area (Å²) in [6.45, 7) is 8.89. The van der Waals surface area contributed by atoms with Crippen LogP contribution in [0.4, 0.5) is 0 Å². The van der Waals surface area contributed by atoms with Gasteiger partial charge in [-0.1, -0.05) is 43.4 Å². The van der Waals surface area contributed by atoms with Crippen LogP contribution in [0.15, 0.2) is 24.3 Å². The number of benzene rings is 1. The van der Waals surface area contributed by atoms with Crippen molar-refractivity contribution in [1.82, 2.24) is 4.31 Å². The first kappa shape index (κ1) is 26.0. The van der Waals surface area contributed by atoms with E-state index in [9.17, 15) is 13.2 Å². The highest BCUT2D eigenvalue weighted by Crippen LogP contribution is 2.15. The third-order valence-corrected chi connectivity index (χ3v) is 7.15. The van der Waals surface area contributed by atoms with Gasteiger partial charge in [-0.15, -0.1) is 0 Å². The first-order chi connectivity index (χ1) is 13.5. The number of carbonyl (C=O) groups is 1. The van der Waals surface area contributed by atoms with E-state index in [2.05, 4.69) is 24.5 Å². The van der Waals surface area contributed by atoms with Crippen molar-refractivity contribution in [3.63, 3.8) is 0 Å². The maximum Gasteiger partial charge on any atom is 0.374 e. The molecule has 0 spiro atoms. The topological polar surface area (TPSA) is 128 Å². The standard InChI is InChI=1S/C10H24N2O4SSi.C7H5ClO3/c1-18(2,3)7-6-16-9-10-8-15-5-4-12(10)17(11,13)14;8-6-4-2-1-3-5(6)7(9)11-10/h10H,4-9H2,1-3H3,(H2,11,13,14);1-4,10H. The fraction of sp³-hybridized carbons (Fsp3) is 0.588. The zero-order valence-corrected chi connectivity index (χ0v) is 19.4. The first-order valence-corrected chi connectivity index (χ1v) is 14.6. The normalized spacial score (nSPS) is 17.9. The summed E-state index contributed by atoms with van der Waals surface area (Å²) in [5, 5.41) is 13.4. The number of nitrogens with zero attached hydrogens (tertiary/aromatic N) is 1. The predicted octanol–water partition coefficient (Wildman–Crippen LogP) is 2.22. The Morgan fingerprint density at radius 3 is 2.59 bits per heavy atom. The van der Waals surface area contributed by atoms with Crippen LogP contribution in [0.2, 0.25) is 30.7 Å². The molecule has 1 aromatic rings. The molecule has 0 saturated carbocycles. The largest absolute Gasteiger partial charge is 0.380 e. The molecule has 29 heavy (non-hydrogen) atoms. The van der Waals surface area contributed by atoms with Gasteiger partial charge in [0.05, 0.1) is 36.4 Å². The average molecular weight is 469 g/mol. The van der Waals surface area contributed by atoms with Gasteiger partial charge < -0.3 is 9.47 Å². The smallest absolute Gasteiger partial charge is 0.374 e. The summed E-state index contributed by atoms with van der Waals surface area (Å²) in [5.41, 5.74) is 0.150. The SMILES string of the molecule is C[Si](C)(C)CCOCC1COCCN1S(N)(=O)=O.O=C(OO)c1ccccc1Cl. The molecule has 3 N–H and O–H groups in total. The Balaban J connectivity index is 0.000000326. The number of carbonyl (C=O) groups excluding carboxylic acids is 1. The molecule has 1 aliphatic rings. The number of halogens is 1. The van der Waals surface area contributed by atoms with Crippen LogP contribution >= 0.6 is 11.6 Å². The average Bonchev–Trinajstić information content (AvgIpc) is 2.64. The van der Waals surface area contributed by atoms with Crippen molar-refractivity contribution < 1.29 is 32.8 Å². The lowest BCUT2D eigenvalue weighted by atomic mass is 10.2. The lowest BCUT2D eigenvalue weighted by molar-refractivity contribution is -0.182. The Morgan fingerprint density at radius 2 is 2.03 bits per heavy atom. The van der Waals surface area contributed by atoms with Gasteiger partial charge in [-0.25, -0.2) is 9.93 Å². The fourth-order valence-electron chi connectivity index (χ4n) is 2.38. The van der Waals surface area contributed by atoms with E-state index in [1.54, 1.807) is 12.1 Å². The van der Waals surface area contributed by atoms with Crippen LogP contribution in [-0.4, -0.2) is 71.0 Å². The van der Waals surface area contributed by atoms with Gasteiger partial charge in [0.25, 0.3) is 10.2 Å². The highest BCUT2D eigenvalue weighted by molar-refractivity contribution is 7.86. The molecule has 1 heterocycles. The molecule has 1 fully saturated rings. The number of hydrogen-bond donors (Lipinski definition) is 2. The molecule has 166 valence electrons. The van der Waals surface area contributed by atoms with E-state index in [4.69, 9.17) is 31.5 Å². The Morgan fingerprint density at radius 1 is 1.38 bits per heavy atom. The fourth-order valence-corrected chi connectivity index (χ4v) is 4.22. The summed E-state index contributed by atoms with van der Waals surface area (Å²) < 4.78 is 34.9. The molecule has 1 aliphatic heterocycles. The Kier molecular flexibility index (Phi) is 10.7. The number of nitrogens with two attached hydrogens (primary N) is 1. The molecule has 9 nitrogen and oxygen atoms in total. The molecule has 0 aliphatic carbocycles. The Bertz CT molecular complexity index is 758. The van der Waals surface area contributed by atoms with Gasteiger partial charge in [-0.05, 0) is 18.2 Å². The third kappa shape index (κ3) is 10.0. The number of hydrogen-bond acceptors (Lipinski definition) is 7. The van der Waals surface area contributed by atoms with Gasteiger partial charge >= 0.3 is 5.97 Å². The zero-order chi connectivity index (χ0) is 22.1. The van der Waals surface area contributed by atoms with E-state index in [0.29, 0.717) is 33.0 Å². The zero-order valence-electron chi connectivity index (χ0n) is 16.8. The predicted molar refractivity (Wildman–Crippen MR) is 113 cm³/mol. The minimum absolute atomic E-state index is 0.150. The summed E-state index contributed by atoms with van der Waals surface area (Å²) >= 11 is 5.59. The van der Waals surface area contributed by atoms with Gasteiger partial charge in [-0.2, -0.15) is 18.0 Å². The molecular formula is C17H29ClN2O7SSi. The van der Waals surface area contributed by atoms with E-state index in [1.807, 2.05) is 0 Å². The van der Waals surface area contributed by atoms with E-state index in [0.717, 1.165) is 6.04 Å². The molecule has 0 radical (unpaired) electrons. The van der Waals surface area contributed by atoms with Crippen molar-refractivity contribution in [2.45, 2.75) is 31.7 Å². The minimum Gasteiger partial charge on any atom is -0.380 e. The van der Waals surface area contributed by atoms with Crippen molar-refractivity contribution in [3.05, 3.63) is 34.9 Å². The number of ether oxygens (including phenoxy) is 2. The van der Waals surface area contributed by atoms with Crippen LogP contribution < -0.4 is 5.14 Å². The van der Waals surface area contributed by atoms with Crippen molar-refractivity contribution in [1.29, 1.82) is 0 Å². The van der Waals surface area contributed by atoms with E-state index < -0.39 is 24.3 Å². The summed E-state index contributed by atoms with van der Waals surface area (Å²) in [7, 11) is -4.77. The van der Waals surface area contributed by atoms with Crippen LogP contribution in [0, 0.1) is 0 Å². The van der Waals surface area contributed by atoms with Crippen molar-refractivity contribution >= 4 is 35.9 Å². The molecular weight excluding hydrogens is 440 g/mol. The Hall–Kier alpha value is -1.05. The number of morpholine rings is 1. The minimum atomic E-state index is -3.66. The van der Waals surface area contributed by atoms with E-state index in [-0.39, 0.29) is 16.6 Å². The lowest BCUT2D eigenvalue weighted by Gasteiger charge is -2.33. The summed E-state index contributed by atoms with van der Waals surface area (Å²) in [5.74, 6) is -0.851. The van der Waals surface area contributed by atoms with Gasteiger partial charge in [0, 0.05) is 21.2 Å². The molecule has 12 heteroatoms. The van der Waals surface area contributed by atoms with Crippen LogP contribution in [0.1, 0.15) is 10.4 Å². The quantitative estimate of drug-likeness (QED) is 0.271.